The van der Waals surface area contributed by atoms with Crippen LogP contribution in [0.15, 0.2) is 65.1 Å². The summed E-state index contributed by atoms with van der Waals surface area (Å²) in [5.41, 5.74) is 0.515. The van der Waals surface area contributed by atoms with E-state index in [1.54, 1.807) is 19.2 Å². The topological polar surface area (TPSA) is 208 Å². The fourth-order valence-electron chi connectivity index (χ4n) is 8.85. The van der Waals surface area contributed by atoms with Gasteiger partial charge in [0.2, 0.25) is 27.4 Å². The Morgan fingerprint density at radius 3 is 2.48 bits per heavy atom. The van der Waals surface area contributed by atoms with Crippen molar-refractivity contribution < 1.29 is 46.2 Å². The Hall–Kier alpha value is -5.71. The predicted octanol–water partition coefficient (Wildman–Crippen LogP) is 5.44. The third-order valence-corrected chi connectivity index (χ3v) is 14.3. The lowest BCUT2D eigenvalue weighted by molar-refractivity contribution is -0.141. The summed E-state index contributed by atoms with van der Waals surface area (Å²) in [5.74, 6) is -1.28. The predicted molar refractivity (Wildman–Crippen MR) is 223 cm³/mol. The van der Waals surface area contributed by atoms with E-state index >= 15 is 0 Å². The summed E-state index contributed by atoms with van der Waals surface area (Å²) >= 11 is 0. The van der Waals surface area contributed by atoms with E-state index in [4.69, 9.17) is 28.6 Å². The number of carbonyl (C=O) groups is 4. The van der Waals surface area contributed by atoms with Gasteiger partial charge in [0.1, 0.15) is 46.7 Å². The molecule has 0 bridgehead atoms. The Kier molecular flexibility index (Phi) is 11.1. The third kappa shape index (κ3) is 8.48. The molecule has 2 aromatic heterocycles. The summed E-state index contributed by atoms with van der Waals surface area (Å²) in [6, 6.07) is 12.5. The number of sulfonamides is 1. The summed E-state index contributed by atoms with van der Waals surface area (Å²) in [7, 11) is -2.34. The number of ether oxygens (including phenoxy) is 3. The van der Waals surface area contributed by atoms with Gasteiger partial charge in [-0.1, -0.05) is 37.1 Å². The van der Waals surface area contributed by atoms with Gasteiger partial charge < -0.3 is 34.2 Å². The number of allylic oxidation sites excluding steroid dienone is 1. The highest BCUT2D eigenvalue weighted by Gasteiger charge is 2.62. The zero-order chi connectivity index (χ0) is 42.3. The van der Waals surface area contributed by atoms with Crippen LogP contribution in [0.4, 0.5) is 4.79 Å². The highest BCUT2D eigenvalue weighted by Crippen LogP contribution is 2.46. The smallest absolute Gasteiger partial charge is 0.408 e. The number of rotatable bonds is 9. The Balaban J connectivity index is 1.05. The Bertz CT molecular complexity index is 2480. The molecule has 3 aliphatic carbocycles. The van der Waals surface area contributed by atoms with Gasteiger partial charge in [-0.05, 0) is 101 Å². The maximum Gasteiger partial charge on any atom is 0.408 e. The number of hydrogen-bond acceptors (Lipinski definition) is 12. The van der Waals surface area contributed by atoms with Crippen molar-refractivity contribution in [3.05, 3.63) is 60.7 Å². The standard InChI is InChI=1S/C44H50N6O10S/c1-57-28-19-17-26(18-20-28)38-46-36-32-14-9-10-16-35(32)60-37(36)40(47-38)58-30-23-34-39(51)48-44(42(53)49-61(55,56)31-21-22-31)24-27(44)11-5-3-2-4-6-15-33(41(52)50(34)25-30)45-43(54)59-29-12-7-8-13-29/h5,9-11,14,16-20,27,29-31,33-34H,2-4,6-8,12-13,15,21-25H2,1H3,(H,45,54)(H,48,51)(H,49,53)/b11-5-/t27-,30+,33-,34+,44-/m1/s1. The molecule has 322 valence electrons. The van der Waals surface area contributed by atoms with Crippen LogP contribution in [0.25, 0.3) is 33.5 Å². The van der Waals surface area contributed by atoms with Gasteiger partial charge in [-0.2, -0.15) is 4.98 Å². The van der Waals surface area contributed by atoms with Gasteiger partial charge in [-0.25, -0.2) is 18.2 Å². The molecule has 2 aliphatic heterocycles. The van der Waals surface area contributed by atoms with Gasteiger partial charge in [-0.3, -0.25) is 19.1 Å². The van der Waals surface area contributed by atoms with E-state index in [1.807, 2.05) is 48.6 Å². The number of nitrogens with zero attached hydrogens (tertiary/aromatic N) is 3. The monoisotopic (exact) mass is 854 g/mol. The number of carbonyl (C=O) groups excluding carboxylic acids is 4. The van der Waals surface area contributed by atoms with Crippen LogP contribution < -0.4 is 24.8 Å². The summed E-state index contributed by atoms with van der Waals surface area (Å²) in [6.45, 7) is -0.0745. The minimum atomic E-state index is -3.92. The number of nitrogens with one attached hydrogen (secondary N) is 3. The quantitative estimate of drug-likeness (QED) is 0.180. The molecule has 5 atom stereocenters. The third-order valence-electron chi connectivity index (χ3n) is 12.5. The molecule has 17 heteroatoms. The van der Waals surface area contributed by atoms with Crippen LogP contribution in [-0.2, 0) is 29.1 Å². The summed E-state index contributed by atoms with van der Waals surface area (Å²) in [6.07, 6.45) is 9.79. The molecule has 61 heavy (non-hydrogen) atoms. The first kappa shape index (κ1) is 40.7. The second-order valence-corrected chi connectivity index (χ2v) is 18.8. The fraction of sp³-hybridized carbons (Fsp3) is 0.500. The van der Waals surface area contributed by atoms with E-state index in [2.05, 4.69) is 15.4 Å². The van der Waals surface area contributed by atoms with Crippen LogP contribution in [0.3, 0.4) is 0 Å². The van der Waals surface area contributed by atoms with Crippen molar-refractivity contribution in [1.82, 2.24) is 30.2 Å². The number of alkyl carbamates (subject to hydrolysis) is 1. The minimum absolute atomic E-state index is 0.0149. The highest BCUT2D eigenvalue weighted by atomic mass is 32.2. The molecular weight excluding hydrogens is 805 g/mol. The maximum absolute atomic E-state index is 14.8. The molecule has 5 aliphatic rings. The minimum Gasteiger partial charge on any atom is -0.497 e. The van der Waals surface area contributed by atoms with Crippen LogP contribution in [0.5, 0.6) is 11.6 Å². The van der Waals surface area contributed by atoms with Gasteiger partial charge in [-0.15, -0.1) is 0 Å². The van der Waals surface area contributed by atoms with Crippen molar-refractivity contribution in [1.29, 1.82) is 0 Å². The molecule has 1 saturated heterocycles. The molecular formula is C44H50N6O10S. The number of hydrogen-bond donors (Lipinski definition) is 3. The van der Waals surface area contributed by atoms with Crippen LogP contribution in [0, 0.1) is 5.92 Å². The van der Waals surface area contributed by atoms with Crippen molar-refractivity contribution in [3.63, 3.8) is 0 Å². The number of furan rings is 1. The number of fused-ring (bicyclic) bond motifs is 5. The number of para-hydroxylation sites is 1. The first-order valence-corrected chi connectivity index (χ1v) is 22.9. The molecule has 4 aromatic rings. The van der Waals surface area contributed by atoms with E-state index in [-0.39, 0.29) is 37.0 Å². The molecule has 9 rings (SSSR count). The second-order valence-electron chi connectivity index (χ2n) is 16.9. The van der Waals surface area contributed by atoms with Crippen LogP contribution in [0.2, 0.25) is 0 Å². The van der Waals surface area contributed by atoms with Gasteiger partial charge in [0.05, 0.1) is 18.9 Å². The number of methoxy groups -OCH3 is 1. The summed E-state index contributed by atoms with van der Waals surface area (Å²) < 4.78 is 52.1. The van der Waals surface area contributed by atoms with E-state index < -0.39 is 68.7 Å². The SMILES string of the molecule is COc1ccc(-c2nc(O[C@H]3C[C@H]4C(=O)N[C@]5(C(=O)NS(=O)(=O)C6CC6)C[C@H]5/C=C\CCCCC[C@@H](NC(=O)OC5CCCC5)C(=O)N4C3)c3oc4ccccc4c3n2)cc1. The lowest BCUT2D eigenvalue weighted by Gasteiger charge is -2.30. The molecule has 4 fully saturated rings. The average Bonchev–Trinajstić information content (AvgIpc) is 4.06. The molecule has 16 nitrogen and oxygen atoms in total. The molecule has 4 amide bonds. The van der Waals surface area contributed by atoms with E-state index in [9.17, 15) is 27.6 Å². The molecule has 2 aromatic carbocycles. The summed E-state index contributed by atoms with van der Waals surface area (Å²) in [4.78, 5) is 67.6. The Morgan fingerprint density at radius 1 is 0.934 bits per heavy atom. The van der Waals surface area contributed by atoms with E-state index in [0.717, 1.165) is 43.9 Å². The largest absolute Gasteiger partial charge is 0.497 e. The van der Waals surface area contributed by atoms with Gasteiger partial charge in [0, 0.05) is 23.3 Å². The van der Waals surface area contributed by atoms with Gasteiger partial charge in [0.15, 0.2) is 5.82 Å². The van der Waals surface area contributed by atoms with Crippen LogP contribution in [-0.4, -0.2) is 95.8 Å². The number of benzene rings is 2. The summed E-state index contributed by atoms with van der Waals surface area (Å²) in [5, 5.41) is 5.83. The van der Waals surface area contributed by atoms with Crippen LogP contribution in [0.1, 0.15) is 83.5 Å². The van der Waals surface area contributed by atoms with Crippen molar-refractivity contribution in [3.8, 4) is 23.0 Å². The maximum atomic E-state index is 14.8. The molecule has 4 heterocycles. The molecule has 3 saturated carbocycles. The zero-order valence-corrected chi connectivity index (χ0v) is 34.8. The number of amides is 4. The first-order chi connectivity index (χ1) is 29.5. The fourth-order valence-corrected chi connectivity index (χ4v) is 10.2. The van der Waals surface area contributed by atoms with Crippen LogP contribution >= 0.6 is 0 Å². The number of aromatic nitrogens is 2. The van der Waals surface area contributed by atoms with Crippen molar-refractivity contribution in [2.45, 2.75) is 119 Å². The lowest BCUT2D eigenvalue weighted by Crippen LogP contribution is -2.58. The molecule has 3 N–H and O–H groups in total. The van der Waals surface area contributed by atoms with Gasteiger partial charge in [0.25, 0.3) is 11.8 Å². The highest BCUT2D eigenvalue weighted by molar-refractivity contribution is 7.91. The first-order valence-electron chi connectivity index (χ1n) is 21.3. The van der Waals surface area contributed by atoms with Gasteiger partial charge >= 0.3 is 6.09 Å². The van der Waals surface area contributed by atoms with E-state index in [0.29, 0.717) is 60.3 Å². The molecule has 0 radical (unpaired) electrons. The van der Waals surface area contributed by atoms with Crippen molar-refractivity contribution in [2.75, 3.05) is 13.7 Å². The lowest BCUT2D eigenvalue weighted by atomic mass is 10.0. The Labute approximate surface area is 353 Å². The average molecular weight is 855 g/mol. The normalized spacial score (nSPS) is 26.7. The van der Waals surface area contributed by atoms with Crippen molar-refractivity contribution in [2.24, 2.45) is 5.92 Å². The second kappa shape index (κ2) is 16.6. The van der Waals surface area contributed by atoms with E-state index in [1.165, 1.54) is 4.90 Å². The van der Waals surface area contributed by atoms with Crippen molar-refractivity contribution >= 4 is 55.9 Å². The Morgan fingerprint density at radius 2 is 1.70 bits per heavy atom. The zero-order valence-electron chi connectivity index (χ0n) is 34.0. The molecule has 0 unspecified atom stereocenters. The molecule has 0 spiro atoms.